The highest BCUT2D eigenvalue weighted by atomic mass is 16.5. The van der Waals surface area contributed by atoms with E-state index in [2.05, 4.69) is 18.9 Å². The van der Waals surface area contributed by atoms with Crippen LogP contribution in [0.4, 0.5) is 0 Å². The van der Waals surface area contributed by atoms with Gasteiger partial charge in [0.1, 0.15) is 5.75 Å². The minimum absolute atomic E-state index is 0.251. The molecule has 1 N–H and O–H groups in total. The Hall–Kier alpha value is -1.06. The van der Waals surface area contributed by atoms with Crippen LogP contribution in [-0.2, 0) is 4.74 Å². The fourth-order valence-corrected chi connectivity index (χ4v) is 1.55. The molecule has 1 atom stereocenters. The lowest BCUT2D eigenvalue weighted by atomic mass is 10.1. The summed E-state index contributed by atoms with van der Waals surface area (Å²) in [6, 6.07) is 7.54. The fraction of sp³-hybridized carbons (Fsp3) is 0.500. The Morgan fingerprint density at radius 2 is 1.93 bits per heavy atom. The number of phenolic OH excluding ortho intramolecular Hbond substituents is 1. The van der Waals surface area contributed by atoms with Crippen LogP contribution >= 0.6 is 0 Å². The Balaban J connectivity index is 2.83. The lowest BCUT2D eigenvalue weighted by Crippen LogP contribution is -2.27. The molecular formula is C12H19NO2. The van der Waals surface area contributed by atoms with E-state index in [1.165, 1.54) is 5.56 Å². The molecule has 84 valence electrons. The molecule has 3 heteroatoms. The van der Waals surface area contributed by atoms with Crippen molar-refractivity contribution in [2.45, 2.75) is 13.0 Å². The maximum Gasteiger partial charge on any atom is 0.115 e. The van der Waals surface area contributed by atoms with Crippen LogP contribution in [0.15, 0.2) is 24.3 Å². The SMILES string of the molecule is CCN(C)C(COC)c1ccc(O)cc1. The normalized spacial score (nSPS) is 13.1. The molecule has 1 aromatic rings. The molecule has 0 amide bonds. The summed E-state index contributed by atoms with van der Waals surface area (Å²) < 4.78 is 5.21. The van der Waals surface area contributed by atoms with Gasteiger partial charge in [-0.25, -0.2) is 0 Å². The number of ether oxygens (including phenoxy) is 1. The monoisotopic (exact) mass is 209 g/mol. The van der Waals surface area contributed by atoms with Crippen LogP contribution in [-0.4, -0.2) is 37.3 Å². The summed E-state index contributed by atoms with van der Waals surface area (Å²) >= 11 is 0. The third-order valence-electron chi connectivity index (χ3n) is 2.63. The Kier molecular flexibility index (Phi) is 4.59. The topological polar surface area (TPSA) is 32.7 Å². The summed E-state index contributed by atoms with van der Waals surface area (Å²) in [5, 5.41) is 9.22. The number of hydrogen-bond donors (Lipinski definition) is 1. The molecule has 0 bridgehead atoms. The minimum atomic E-state index is 0.251. The van der Waals surface area contributed by atoms with Crippen molar-refractivity contribution in [3.8, 4) is 5.75 Å². The molecule has 0 aliphatic rings. The van der Waals surface area contributed by atoms with Gasteiger partial charge < -0.3 is 9.84 Å². The maximum atomic E-state index is 9.22. The van der Waals surface area contributed by atoms with Crippen molar-refractivity contribution in [3.05, 3.63) is 29.8 Å². The molecule has 0 heterocycles. The Bertz CT molecular complexity index is 284. The zero-order chi connectivity index (χ0) is 11.3. The lowest BCUT2D eigenvalue weighted by Gasteiger charge is -2.26. The first-order valence-corrected chi connectivity index (χ1v) is 5.17. The van der Waals surface area contributed by atoms with E-state index >= 15 is 0 Å². The van der Waals surface area contributed by atoms with Crippen molar-refractivity contribution in [1.82, 2.24) is 4.90 Å². The van der Waals surface area contributed by atoms with Crippen molar-refractivity contribution in [2.75, 3.05) is 27.3 Å². The summed E-state index contributed by atoms with van der Waals surface area (Å²) in [5.41, 5.74) is 1.17. The summed E-state index contributed by atoms with van der Waals surface area (Å²) in [6.07, 6.45) is 0. The molecule has 0 spiro atoms. The number of likely N-dealkylation sites (N-methyl/N-ethyl adjacent to an activating group) is 1. The number of nitrogens with zero attached hydrogens (tertiary/aromatic N) is 1. The van der Waals surface area contributed by atoms with Gasteiger partial charge in [0.2, 0.25) is 0 Å². The molecule has 1 rings (SSSR count). The number of hydrogen-bond acceptors (Lipinski definition) is 3. The van der Waals surface area contributed by atoms with Gasteiger partial charge in [-0.3, -0.25) is 4.90 Å². The standard InChI is InChI=1S/C12H19NO2/c1-4-13(2)12(9-15-3)10-5-7-11(14)8-6-10/h5-8,12,14H,4,9H2,1-3H3. The van der Waals surface area contributed by atoms with E-state index in [0.717, 1.165) is 6.54 Å². The Morgan fingerprint density at radius 1 is 1.33 bits per heavy atom. The van der Waals surface area contributed by atoms with Gasteiger partial charge in [0.25, 0.3) is 0 Å². The third-order valence-corrected chi connectivity index (χ3v) is 2.63. The van der Waals surface area contributed by atoms with Gasteiger partial charge in [0.05, 0.1) is 12.6 Å². The zero-order valence-electron chi connectivity index (χ0n) is 9.60. The molecule has 0 fully saturated rings. The first kappa shape index (κ1) is 12.0. The van der Waals surface area contributed by atoms with Crippen LogP contribution in [0, 0.1) is 0 Å². The van der Waals surface area contributed by atoms with Crippen molar-refractivity contribution in [1.29, 1.82) is 0 Å². The Morgan fingerprint density at radius 3 is 2.40 bits per heavy atom. The summed E-state index contributed by atoms with van der Waals surface area (Å²) in [6.45, 7) is 3.74. The second-order valence-corrected chi connectivity index (χ2v) is 3.64. The van der Waals surface area contributed by atoms with Gasteiger partial charge in [0, 0.05) is 7.11 Å². The smallest absolute Gasteiger partial charge is 0.115 e. The molecular weight excluding hydrogens is 190 g/mol. The molecule has 1 aromatic carbocycles. The highest BCUT2D eigenvalue weighted by Gasteiger charge is 2.15. The third kappa shape index (κ3) is 3.22. The van der Waals surface area contributed by atoms with Crippen LogP contribution in [0.1, 0.15) is 18.5 Å². The second kappa shape index (κ2) is 5.73. The van der Waals surface area contributed by atoms with Gasteiger partial charge in [-0.15, -0.1) is 0 Å². The Labute approximate surface area is 91.3 Å². The van der Waals surface area contributed by atoms with Crippen LogP contribution in [0.3, 0.4) is 0 Å². The van der Waals surface area contributed by atoms with Gasteiger partial charge >= 0.3 is 0 Å². The average molecular weight is 209 g/mol. The van der Waals surface area contributed by atoms with Crippen LogP contribution < -0.4 is 0 Å². The molecule has 0 radical (unpaired) electrons. The van der Waals surface area contributed by atoms with E-state index in [9.17, 15) is 5.11 Å². The highest BCUT2D eigenvalue weighted by molar-refractivity contribution is 5.28. The summed E-state index contributed by atoms with van der Waals surface area (Å²) in [4.78, 5) is 2.22. The number of benzene rings is 1. The van der Waals surface area contributed by atoms with Crippen LogP contribution in [0.25, 0.3) is 0 Å². The van der Waals surface area contributed by atoms with E-state index in [1.807, 2.05) is 12.1 Å². The van der Waals surface area contributed by atoms with Crippen LogP contribution in [0.5, 0.6) is 5.75 Å². The number of methoxy groups -OCH3 is 1. The highest BCUT2D eigenvalue weighted by Crippen LogP contribution is 2.21. The first-order chi connectivity index (χ1) is 7.19. The predicted molar refractivity (Wildman–Crippen MR) is 61.0 cm³/mol. The van der Waals surface area contributed by atoms with Gasteiger partial charge in [-0.2, -0.15) is 0 Å². The largest absolute Gasteiger partial charge is 0.508 e. The van der Waals surface area contributed by atoms with Crippen LogP contribution in [0.2, 0.25) is 0 Å². The fourth-order valence-electron chi connectivity index (χ4n) is 1.55. The summed E-state index contributed by atoms with van der Waals surface area (Å²) in [7, 11) is 3.77. The van der Waals surface area contributed by atoms with E-state index in [0.29, 0.717) is 12.4 Å². The molecule has 0 saturated heterocycles. The van der Waals surface area contributed by atoms with Gasteiger partial charge in [-0.05, 0) is 31.3 Å². The second-order valence-electron chi connectivity index (χ2n) is 3.64. The quantitative estimate of drug-likeness (QED) is 0.805. The predicted octanol–water partition coefficient (Wildman–Crippen LogP) is 2.03. The molecule has 0 aliphatic carbocycles. The molecule has 1 unspecified atom stereocenters. The van der Waals surface area contributed by atoms with Gasteiger partial charge in [0.15, 0.2) is 0 Å². The van der Waals surface area contributed by atoms with Gasteiger partial charge in [-0.1, -0.05) is 19.1 Å². The number of phenols is 1. The first-order valence-electron chi connectivity index (χ1n) is 5.17. The van der Waals surface area contributed by atoms with Crippen molar-refractivity contribution >= 4 is 0 Å². The number of aromatic hydroxyl groups is 1. The molecule has 0 saturated carbocycles. The van der Waals surface area contributed by atoms with E-state index < -0.39 is 0 Å². The molecule has 0 aliphatic heterocycles. The van der Waals surface area contributed by atoms with E-state index in [4.69, 9.17) is 4.74 Å². The van der Waals surface area contributed by atoms with Crippen molar-refractivity contribution < 1.29 is 9.84 Å². The van der Waals surface area contributed by atoms with E-state index in [-0.39, 0.29) is 6.04 Å². The molecule has 0 aromatic heterocycles. The van der Waals surface area contributed by atoms with Crippen molar-refractivity contribution in [2.24, 2.45) is 0 Å². The maximum absolute atomic E-state index is 9.22. The molecule has 3 nitrogen and oxygen atoms in total. The minimum Gasteiger partial charge on any atom is -0.508 e. The van der Waals surface area contributed by atoms with E-state index in [1.54, 1.807) is 19.2 Å². The average Bonchev–Trinajstić information content (AvgIpc) is 2.26. The van der Waals surface area contributed by atoms with Crippen molar-refractivity contribution in [3.63, 3.8) is 0 Å². The zero-order valence-corrected chi connectivity index (χ0v) is 9.60. The number of rotatable bonds is 5. The summed E-state index contributed by atoms with van der Waals surface area (Å²) in [5.74, 6) is 0.300. The lowest BCUT2D eigenvalue weighted by molar-refractivity contribution is 0.109. The molecule has 15 heavy (non-hydrogen) atoms.